The molecular formula is C11H22N2O. The second-order valence-electron chi connectivity index (χ2n) is 4.44. The van der Waals surface area contributed by atoms with Crippen LogP contribution in [0.4, 0.5) is 0 Å². The molecule has 0 bridgehead atoms. The first-order chi connectivity index (χ1) is 6.63. The van der Waals surface area contributed by atoms with Crippen LogP contribution in [0.2, 0.25) is 0 Å². The molecule has 0 aromatic carbocycles. The molecule has 0 aliphatic carbocycles. The first-order valence-corrected chi connectivity index (χ1v) is 5.64. The van der Waals surface area contributed by atoms with Gasteiger partial charge in [0.1, 0.15) is 0 Å². The normalized spacial score (nSPS) is 22.0. The highest BCUT2D eigenvalue weighted by molar-refractivity contribution is 5.78. The van der Waals surface area contributed by atoms with Gasteiger partial charge in [-0.3, -0.25) is 4.79 Å². The van der Waals surface area contributed by atoms with Crippen molar-refractivity contribution < 1.29 is 4.79 Å². The third-order valence-electron chi connectivity index (χ3n) is 2.88. The number of rotatable bonds is 4. The Morgan fingerprint density at radius 1 is 1.57 bits per heavy atom. The molecule has 14 heavy (non-hydrogen) atoms. The van der Waals surface area contributed by atoms with Crippen LogP contribution in [-0.2, 0) is 4.79 Å². The van der Waals surface area contributed by atoms with E-state index < -0.39 is 0 Å². The summed E-state index contributed by atoms with van der Waals surface area (Å²) in [7, 11) is 0. The second-order valence-corrected chi connectivity index (χ2v) is 4.44. The highest BCUT2D eigenvalue weighted by Crippen LogP contribution is 2.18. The highest BCUT2D eigenvalue weighted by Gasteiger charge is 2.24. The minimum Gasteiger partial charge on any atom is -0.341 e. The lowest BCUT2D eigenvalue weighted by Gasteiger charge is -2.17. The minimum atomic E-state index is 0.259. The van der Waals surface area contributed by atoms with E-state index in [1.807, 2.05) is 4.90 Å². The standard InChI is InChI=1S/C11H22N2O/c1-4-10-5-6-13(8-10)11(14)7-12-9(2)3/h9-10,12H,4-8H2,1-3H3. The van der Waals surface area contributed by atoms with Crippen molar-refractivity contribution in [3.8, 4) is 0 Å². The molecule has 0 spiro atoms. The molecule has 3 nitrogen and oxygen atoms in total. The molecule has 1 heterocycles. The van der Waals surface area contributed by atoms with E-state index in [0.29, 0.717) is 12.6 Å². The Morgan fingerprint density at radius 2 is 2.29 bits per heavy atom. The fourth-order valence-electron chi connectivity index (χ4n) is 1.80. The Labute approximate surface area is 86.9 Å². The number of amides is 1. The smallest absolute Gasteiger partial charge is 0.236 e. The van der Waals surface area contributed by atoms with Crippen LogP contribution < -0.4 is 5.32 Å². The summed E-state index contributed by atoms with van der Waals surface area (Å²) >= 11 is 0. The van der Waals surface area contributed by atoms with Gasteiger partial charge in [-0.25, -0.2) is 0 Å². The maximum absolute atomic E-state index is 11.7. The van der Waals surface area contributed by atoms with E-state index in [1.165, 1.54) is 12.8 Å². The van der Waals surface area contributed by atoms with Crippen molar-refractivity contribution in [2.24, 2.45) is 5.92 Å². The Balaban J connectivity index is 2.25. The van der Waals surface area contributed by atoms with Crippen molar-refractivity contribution >= 4 is 5.91 Å². The van der Waals surface area contributed by atoms with Crippen molar-refractivity contribution in [3.05, 3.63) is 0 Å². The molecular weight excluding hydrogens is 176 g/mol. The van der Waals surface area contributed by atoms with Crippen LogP contribution in [0.3, 0.4) is 0 Å². The van der Waals surface area contributed by atoms with Gasteiger partial charge >= 0.3 is 0 Å². The molecule has 0 radical (unpaired) electrons. The van der Waals surface area contributed by atoms with Gasteiger partial charge in [-0.1, -0.05) is 27.2 Å². The number of nitrogens with zero attached hydrogens (tertiary/aromatic N) is 1. The summed E-state index contributed by atoms with van der Waals surface area (Å²) < 4.78 is 0. The van der Waals surface area contributed by atoms with Crippen molar-refractivity contribution in [2.45, 2.75) is 39.7 Å². The number of hydrogen-bond acceptors (Lipinski definition) is 2. The van der Waals surface area contributed by atoms with E-state index in [1.54, 1.807) is 0 Å². The van der Waals surface area contributed by atoms with Crippen molar-refractivity contribution in [1.82, 2.24) is 10.2 Å². The number of nitrogens with one attached hydrogen (secondary N) is 1. The van der Waals surface area contributed by atoms with E-state index in [2.05, 4.69) is 26.1 Å². The van der Waals surface area contributed by atoms with Gasteiger partial charge in [0, 0.05) is 19.1 Å². The molecule has 1 N–H and O–H groups in total. The van der Waals surface area contributed by atoms with Crippen molar-refractivity contribution in [3.63, 3.8) is 0 Å². The van der Waals surface area contributed by atoms with Gasteiger partial charge < -0.3 is 10.2 Å². The third-order valence-corrected chi connectivity index (χ3v) is 2.88. The van der Waals surface area contributed by atoms with Gasteiger partial charge in [-0.15, -0.1) is 0 Å². The molecule has 1 atom stereocenters. The van der Waals surface area contributed by atoms with Crippen molar-refractivity contribution in [2.75, 3.05) is 19.6 Å². The fraction of sp³-hybridized carbons (Fsp3) is 0.909. The van der Waals surface area contributed by atoms with Crippen LogP contribution in [0.15, 0.2) is 0 Å². The van der Waals surface area contributed by atoms with Crippen LogP contribution in [-0.4, -0.2) is 36.5 Å². The van der Waals surface area contributed by atoms with E-state index in [4.69, 9.17) is 0 Å². The Kier molecular flexibility index (Phi) is 4.39. The Morgan fingerprint density at radius 3 is 2.79 bits per heavy atom. The monoisotopic (exact) mass is 198 g/mol. The zero-order valence-electron chi connectivity index (χ0n) is 9.55. The molecule has 0 saturated carbocycles. The van der Waals surface area contributed by atoms with Gasteiger partial charge in [-0.05, 0) is 12.3 Å². The predicted molar refractivity (Wildman–Crippen MR) is 58.1 cm³/mol. The molecule has 1 unspecified atom stereocenters. The van der Waals surface area contributed by atoms with Crippen LogP contribution in [0, 0.1) is 5.92 Å². The molecule has 1 aliphatic rings. The van der Waals surface area contributed by atoms with Gasteiger partial charge in [0.05, 0.1) is 6.54 Å². The van der Waals surface area contributed by atoms with E-state index in [0.717, 1.165) is 19.0 Å². The zero-order chi connectivity index (χ0) is 10.6. The minimum absolute atomic E-state index is 0.259. The maximum Gasteiger partial charge on any atom is 0.236 e. The molecule has 82 valence electrons. The van der Waals surface area contributed by atoms with Crippen LogP contribution in [0.5, 0.6) is 0 Å². The van der Waals surface area contributed by atoms with Gasteiger partial charge in [0.25, 0.3) is 0 Å². The molecule has 1 saturated heterocycles. The van der Waals surface area contributed by atoms with E-state index in [9.17, 15) is 4.79 Å². The van der Waals surface area contributed by atoms with E-state index >= 15 is 0 Å². The molecule has 1 fully saturated rings. The average molecular weight is 198 g/mol. The summed E-state index contributed by atoms with van der Waals surface area (Å²) in [6.45, 7) is 8.74. The van der Waals surface area contributed by atoms with Crippen LogP contribution in [0.1, 0.15) is 33.6 Å². The summed E-state index contributed by atoms with van der Waals surface area (Å²) in [5.41, 5.74) is 0. The molecule has 0 aromatic heterocycles. The van der Waals surface area contributed by atoms with E-state index in [-0.39, 0.29) is 5.91 Å². The Bertz CT molecular complexity index is 192. The Hall–Kier alpha value is -0.570. The zero-order valence-corrected chi connectivity index (χ0v) is 9.55. The third kappa shape index (κ3) is 3.29. The molecule has 0 aromatic rings. The summed E-state index contributed by atoms with van der Waals surface area (Å²) in [5.74, 6) is 0.993. The topological polar surface area (TPSA) is 32.3 Å². The van der Waals surface area contributed by atoms with Gasteiger partial charge in [-0.2, -0.15) is 0 Å². The SMILES string of the molecule is CCC1CCN(C(=O)CNC(C)C)C1. The molecule has 1 amide bonds. The summed E-state index contributed by atoms with van der Waals surface area (Å²) in [4.78, 5) is 13.7. The quantitative estimate of drug-likeness (QED) is 0.737. The lowest BCUT2D eigenvalue weighted by atomic mass is 10.1. The largest absolute Gasteiger partial charge is 0.341 e. The lowest BCUT2D eigenvalue weighted by molar-refractivity contribution is -0.129. The first kappa shape index (κ1) is 11.5. The summed E-state index contributed by atoms with van der Waals surface area (Å²) in [5, 5.41) is 3.16. The van der Waals surface area contributed by atoms with Crippen LogP contribution in [0.25, 0.3) is 0 Å². The van der Waals surface area contributed by atoms with Crippen LogP contribution >= 0.6 is 0 Å². The molecule has 1 rings (SSSR count). The first-order valence-electron chi connectivity index (χ1n) is 5.64. The maximum atomic E-state index is 11.7. The van der Waals surface area contributed by atoms with Crippen molar-refractivity contribution in [1.29, 1.82) is 0 Å². The highest BCUT2D eigenvalue weighted by atomic mass is 16.2. The predicted octanol–water partition coefficient (Wildman–Crippen LogP) is 1.24. The number of carbonyl (C=O) groups excluding carboxylic acids is 1. The lowest BCUT2D eigenvalue weighted by Crippen LogP contribution is -2.39. The average Bonchev–Trinajstić information content (AvgIpc) is 2.62. The van der Waals surface area contributed by atoms with Gasteiger partial charge in [0.2, 0.25) is 5.91 Å². The molecule has 3 heteroatoms. The second kappa shape index (κ2) is 5.35. The summed E-state index contributed by atoms with van der Waals surface area (Å²) in [6, 6.07) is 0.392. The summed E-state index contributed by atoms with van der Waals surface area (Å²) in [6.07, 6.45) is 2.38. The number of carbonyl (C=O) groups is 1. The fourth-order valence-corrected chi connectivity index (χ4v) is 1.80. The van der Waals surface area contributed by atoms with Gasteiger partial charge in [0.15, 0.2) is 0 Å². The number of likely N-dealkylation sites (tertiary alicyclic amines) is 1. The molecule has 1 aliphatic heterocycles. The number of hydrogen-bond donors (Lipinski definition) is 1.